The quantitative estimate of drug-likeness (QED) is 0.267. The van der Waals surface area contributed by atoms with Crippen molar-refractivity contribution in [3.63, 3.8) is 0 Å². The zero-order valence-corrected chi connectivity index (χ0v) is 26.2. The molecule has 4 saturated heterocycles. The molecule has 0 radical (unpaired) electrons. The number of rotatable bonds is 7. The molecule has 0 saturated carbocycles. The summed E-state index contributed by atoms with van der Waals surface area (Å²) in [4.78, 5) is 30.6. The highest BCUT2D eigenvalue weighted by Gasteiger charge is 2.50. The predicted octanol–water partition coefficient (Wildman–Crippen LogP) is 5.58. The molecule has 1 amide bonds. The number of anilines is 1. The molecule has 0 aliphatic carbocycles. The van der Waals surface area contributed by atoms with Gasteiger partial charge in [-0.15, -0.1) is 0 Å². The summed E-state index contributed by atoms with van der Waals surface area (Å²) < 4.78 is 52.8. The third-order valence-corrected chi connectivity index (χ3v) is 11.1. The number of phenols is 1. The molecule has 12 heteroatoms. The molecule has 4 aliphatic heterocycles. The lowest BCUT2D eigenvalue weighted by Gasteiger charge is -2.40. The number of primary amides is 1. The molecule has 2 aromatic heterocycles. The number of piperidine rings is 1. The Kier molecular flexibility index (Phi) is 7.19. The van der Waals surface area contributed by atoms with Crippen LogP contribution in [0.4, 0.5) is 19.0 Å². The van der Waals surface area contributed by atoms with E-state index in [0.717, 1.165) is 38.6 Å². The molecule has 3 N–H and O–H groups in total. The maximum absolute atomic E-state index is 17.0. The minimum absolute atomic E-state index is 0.0443. The number of hydrogen-bond acceptors (Lipinski definition) is 8. The predicted molar refractivity (Wildman–Crippen MR) is 171 cm³/mol. The van der Waals surface area contributed by atoms with Gasteiger partial charge in [0, 0.05) is 36.8 Å². The Morgan fingerprint density at radius 3 is 2.81 bits per heavy atom. The minimum atomic E-state index is -0.942. The van der Waals surface area contributed by atoms with Crippen LogP contribution in [0.5, 0.6) is 11.8 Å². The van der Waals surface area contributed by atoms with Gasteiger partial charge in [-0.1, -0.05) is 13.0 Å². The van der Waals surface area contributed by atoms with Gasteiger partial charge in [0.15, 0.2) is 5.82 Å². The Labute approximate surface area is 269 Å². The fourth-order valence-electron chi connectivity index (χ4n) is 8.97. The number of halogens is 3. The molecule has 3 unspecified atom stereocenters. The maximum atomic E-state index is 17.0. The van der Waals surface area contributed by atoms with E-state index in [0.29, 0.717) is 53.3 Å². The van der Waals surface area contributed by atoms with E-state index in [-0.39, 0.29) is 59.0 Å². The zero-order valence-electron chi connectivity index (χ0n) is 26.2. The van der Waals surface area contributed by atoms with Crippen molar-refractivity contribution in [2.75, 3.05) is 24.6 Å². The molecule has 2 aromatic carbocycles. The molecule has 0 spiro atoms. The van der Waals surface area contributed by atoms with E-state index in [2.05, 4.69) is 19.8 Å². The van der Waals surface area contributed by atoms with Gasteiger partial charge in [0.1, 0.15) is 41.4 Å². The first-order valence-electron chi connectivity index (χ1n) is 16.6. The van der Waals surface area contributed by atoms with Gasteiger partial charge in [0.25, 0.3) is 0 Å². The molecule has 246 valence electrons. The molecule has 4 fully saturated rings. The third-order valence-electron chi connectivity index (χ3n) is 11.1. The van der Waals surface area contributed by atoms with Crippen molar-refractivity contribution in [2.45, 2.75) is 82.1 Å². The summed E-state index contributed by atoms with van der Waals surface area (Å²) in [5.41, 5.74) is 5.85. The number of hydrogen-bond donors (Lipinski definition) is 2. The summed E-state index contributed by atoms with van der Waals surface area (Å²) in [6.45, 7) is 3.13. The Morgan fingerprint density at radius 2 is 2.00 bits per heavy atom. The van der Waals surface area contributed by atoms with Gasteiger partial charge in [-0.2, -0.15) is 9.97 Å². The molecule has 4 aliphatic rings. The van der Waals surface area contributed by atoms with Crippen LogP contribution >= 0.6 is 0 Å². The number of pyridine rings is 1. The fraction of sp³-hybridized carbons (Fsp3) is 0.486. The van der Waals surface area contributed by atoms with Crippen LogP contribution < -0.4 is 15.4 Å². The minimum Gasteiger partial charge on any atom is -0.508 e. The van der Waals surface area contributed by atoms with Crippen molar-refractivity contribution < 1.29 is 27.8 Å². The number of alkyl halides is 1. The molecule has 4 aromatic rings. The molecule has 8 rings (SSSR count). The molecule has 5 atom stereocenters. The van der Waals surface area contributed by atoms with Gasteiger partial charge in [0.2, 0.25) is 5.91 Å². The van der Waals surface area contributed by atoms with Crippen LogP contribution in [0.1, 0.15) is 57.4 Å². The van der Waals surface area contributed by atoms with Crippen LogP contribution in [-0.2, 0) is 11.2 Å². The number of carbonyl (C=O) groups is 1. The summed E-state index contributed by atoms with van der Waals surface area (Å²) in [6.07, 6.45) is 5.97. The highest BCUT2D eigenvalue weighted by Crippen LogP contribution is 2.46. The lowest BCUT2D eigenvalue weighted by atomic mass is 9.89. The van der Waals surface area contributed by atoms with Gasteiger partial charge in [0.05, 0.1) is 16.8 Å². The number of benzene rings is 2. The van der Waals surface area contributed by atoms with E-state index in [1.54, 1.807) is 6.07 Å². The van der Waals surface area contributed by atoms with E-state index >= 15 is 4.39 Å². The van der Waals surface area contributed by atoms with E-state index in [9.17, 15) is 18.7 Å². The largest absolute Gasteiger partial charge is 0.508 e. The van der Waals surface area contributed by atoms with Crippen molar-refractivity contribution in [1.82, 2.24) is 19.9 Å². The Morgan fingerprint density at radius 1 is 1.17 bits per heavy atom. The maximum Gasteiger partial charge on any atom is 0.319 e. The molecule has 2 bridgehead atoms. The molecular weight excluding hydrogens is 609 g/mol. The molecular formula is C35H37F3N6O3. The average Bonchev–Trinajstić information content (AvgIpc) is 3.67. The topological polar surface area (TPSA) is 118 Å². The second kappa shape index (κ2) is 11.2. The third kappa shape index (κ3) is 4.77. The lowest BCUT2D eigenvalue weighted by molar-refractivity contribution is -0.122. The summed E-state index contributed by atoms with van der Waals surface area (Å²) in [5.74, 6) is -1.65. The zero-order chi connectivity index (χ0) is 32.6. The number of nitrogens with zero attached hydrogens (tertiary/aromatic N) is 5. The van der Waals surface area contributed by atoms with Crippen molar-refractivity contribution in [3.8, 4) is 23.0 Å². The number of carbonyl (C=O) groups excluding carboxylic acids is 1. The normalized spacial score (nSPS) is 27.2. The van der Waals surface area contributed by atoms with Crippen LogP contribution in [0.15, 0.2) is 30.5 Å². The molecule has 47 heavy (non-hydrogen) atoms. The number of aromatic nitrogens is 3. The smallest absolute Gasteiger partial charge is 0.319 e. The van der Waals surface area contributed by atoms with Gasteiger partial charge in [-0.05, 0) is 86.0 Å². The van der Waals surface area contributed by atoms with E-state index in [1.807, 2.05) is 6.92 Å². The van der Waals surface area contributed by atoms with Crippen molar-refractivity contribution in [3.05, 3.63) is 47.7 Å². The summed E-state index contributed by atoms with van der Waals surface area (Å²) in [6, 6.07) is 5.60. The van der Waals surface area contributed by atoms with Crippen molar-refractivity contribution in [2.24, 2.45) is 11.7 Å². The van der Waals surface area contributed by atoms with Crippen LogP contribution in [0.25, 0.3) is 32.9 Å². The number of amides is 1. The number of phenolic OH excluding ortho intramolecular Hbond substituents is 1. The molecule has 9 nitrogen and oxygen atoms in total. The lowest BCUT2D eigenvalue weighted by Crippen LogP contribution is -2.49. The van der Waals surface area contributed by atoms with Crippen molar-refractivity contribution in [1.29, 1.82) is 0 Å². The first-order chi connectivity index (χ1) is 22.7. The Balaban J connectivity index is 1.30. The summed E-state index contributed by atoms with van der Waals surface area (Å²) >= 11 is 0. The monoisotopic (exact) mass is 646 g/mol. The van der Waals surface area contributed by atoms with Crippen LogP contribution in [-0.4, -0.2) is 74.4 Å². The number of fused-ring (bicyclic) bond motifs is 5. The van der Waals surface area contributed by atoms with Crippen molar-refractivity contribution >= 4 is 33.4 Å². The van der Waals surface area contributed by atoms with E-state index in [1.165, 1.54) is 24.4 Å². The Bertz CT molecular complexity index is 1930. The number of aromatic hydroxyl groups is 1. The van der Waals surface area contributed by atoms with Crippen LogP contribution in [0.3, 0.4) is 0 Å². The SMILES string of the molecule is CCc1c(F)ccc2cc(O)cc(-c3ncc4c(N5C6CCC(C(N)=O)C5CC6)nc(OC[C@@]56CCCN5C[C@H](F)C6)nc4c3F)c12. The second-order valence-electron chi connectivity index (χ2n) is 13.6. The molecule has 6 heterocycles. The van der Waals surface area contributed by atoms with Crippen LogP contribution in [0.2, 0.25) is 0 Å². The van der Waals surface area contributed by atoms with E-state index < -0.39 is 23.3 Å². The second-order valence-corrected chi connectivity index (χ2v) is 13.6. The van der Waals surface area contributed by atoms with Gasteiger partial charge >= 0.3 is 6.01 Å². The summed E-state index contributed by atoms with van der Waals surface area (Å²) in [7, 11) is 0. The fourth-order valence-corrected chi connectivity index (χ4v) is 8.97. The van der Waals surface area contributed by atoms with Gasteiger partial charge in [-0.25, -0.2) is 13.2 Å². The Hall–Kier alpha value is -4.19. The van der Waals surface area contributed by atoms with Crippen LogP contribution in [0, 0.1) is 17.6 Å². The average molecular weight is 647 g/mol. The first-order valence-corrected chi connectivity index (χ1v) is 16.6. The highest BCUT2D eigenvalue weighted by atomic mass is 19.1. The number of aryl methyl sites for hydroxylation is 1. The summed E-state index contributed by atoms with van der Waals surface area (Å²) in [5, 5.41) is 12.0. The standard InChI is InChI=1S/C35H37F3N6O3/c1-2-22-26(37)8-4-18-12-21(45)13-24(28(18)22)30-29(38)31-25(15-40-30)33(44-20-5-7-23(32(39)46)27(44)9-6-20)42-34(41-31)47-17-35-10-3-11-43(35)16-19(36)14-35/h4,8,12-13,15,19-20,23,27,45H,2-3,5-7,9-11,14,16-17H2,1H3,(H2,39,46)/t19-,20?,23?,27?,35+/m1/s1. The van der Waals surface area contributed by atoms with Gasteiger partial charge in [-0.3, -0.25) is 14.7 Å². The number of ether oxygens (including phenoxy) is 1. The number of nitrogens with two attached hydrogens (primary N) is 1. The highest BCUT2D eigenvalue weighted by molar-refractivity contribution is 6.02. The van der Waals surface area contributed by atoms with Gasteiger partial charge < -0.3 is 20.5 Å². The van der Waals surface area contributed by atoms with E-state index in [4.69, 9.17) is 15.5 Å². The first kappa shape index (κ1) is 30.2.